The van der Waals surface area contributed by atoms with Gasteiger partial charge in [0.1, 0.15) is 5.52 Å². The first-order valence-corrected chi connectivity index (χ1v) is 8.17. The molecule has 0 bridgehead atoms. The maximum absolute atomic E-state index is 5.84. The molecular weight excluding hydrogens is 305 g/mol. The fourth-order valence-corrected chi connectivity index (χ4v) is 2.44. The van der Waals surface area contributed by atoms with Crippen molar-refractivity contribution < 1.29 is 0 Å². The molecule has 25 heavy (non-hydrogen) atoms. The molecule has 0 aliphatic carbocycles. The summed E-state index contributed by atoms with van der Waals surface area (Å²) >= 11 is 0. The van der Waals surface area contributed by atoms with Crippen molar-refractivity contribution in [3.63, 3.8) is 0 Å². The molecule has 3 rings (SSSR count). The van der Waals surface area contributed by atoms with Crippen molar-refractivity contribution >= 4 is 30.2 Å². The quantitative estimate of drug-likeness (QED) is 0.531. The summed E-state index contributed by atoms with van der Waals surface area (Å²) in [5, 5.41) is 0. The maximum Gasteiger partial charge on any atom is 0.170 e. The van der Waals surface area contributed by atoms with Gasteiger partial charge in [-0.25, -0.2) is 9.97 Å². The topological polar surface area (TPSA) is 38.7 Å². The molecule has 2 aromatic heterocycles. The number of pyridine rings is 1. The average molecular weight is 325 g/mol. The number of aromatic nitrogens is 3. The standard InChI is InChI=1S/C19H14BN3.C2H6/c1-3-7-13(4-2)14-8-5-9-15(12-14)17-18-16(10-6-11-21-18)22-19(20)23-17;1-2/h3-12H,1-2H2;1-2H3/b13-7+;. The highest BCUT2D eigenvalue weighted by molar-refractivity contribution is 6.29. The third-order valence-electron chi connectivity index (χ3n) is 3.46. The molecule has 0 aliphatic rings. The fraction of sp³-hybridized carbons (Fsp3) is 0.0952. The zero-order valence-corrected chi connectivity index (χ0v) is 14.6. The van der Waals surface area contributed by atoms with Gasteiger partial charge in [-0.05, 0) is 29.3 Å². The lowest BCUT2D eigenvalue weighted by Gasteiger charge is -2.09. The molecule has 0 aliphatic heterocycles. The van der Waals surface area contributed by atoms with Crippen LogP contribution < -0.4 is 5.72 Å². The highest BCUT2D eigenvalue weighted by atomic mass is 14.9. The largest absolute Gasteiger partial charge is 0.252 e. The first-order valence-electron chi connectivity index (χ1n) is 8.17. The number of nitrogens with zero attached hydrogens (tertiary/aromatic N) is 3. The van der Waals surface area contributed by atoms with E-state index in [1.165, 1.54) is 0 Å². The smallest absolute Gasteiger partial charge is 0.170 e. The number of hydrogen-bond donors (Lipinski definition) is 0. The normalized spacial score (nSPS) is 10.7. The maximum atomic E-state index is 5.84. The molecule has 0 saturated carbocycles. The molecule has 0 unspecified atom stereocenters. The van der Waals surface area contributed by atoms with Crippen molar-refractivity contribution in [2.24, 2.45) is 0 Å². The first-order chi connectivity index (χ1) is 12.2. The molecule has 0 atom stereocenters. The minimum atomic E-state index is 0.233. The molecule has 122 valence electrons. The monoisotopic (exact) mass is 325 g/mol. The Kier molecular flexibility index (Phi) is 6.41. The minimum absolute atomic E-state index is 0.233. The van der Waals surface area contributed by atoms with Gasteiger partial charge in [-0.3, -0.25) is 4.98 Å². The third kappa shape index (κ3) is 4.10. The van der Waals surface area contributed by atoms with Crippen LogP contribution in [0.15, 0.2) is 74.0 Å². The molecule has 4 heteroatoms. The Balaban J connectivity index is 0.00000109. The van der Waals surface area contributed by atoms with E-state index in [1.54, 1.807) is 18.3 Å². The molecular formula is C21H20BN3. The second-order valence-electron chi connectivity index (χ2n) is 4.94. The van der Waals surface area contributed by atoms with E-state index in [4.69, 9.17) is 7.85 Å². The lowest BCUT2D eigenvalue weighted by Crippen LogP contribution is -2.14. The van der Waals surface area contributed by atoms with Crippen molar-refractivity contribution in [1.82, 2.24) is 15.0 Å². The minimum Gasteiger partial charge on any atom is -0.252 e. The van der Waals surface area contributed by atoms with Crippen LogP contribution in [0.1, 0.15) is 19.4 Å². The van der Waals surface area contributed by atoms with Gasteiger partial charge in [0.15, 0.2) is 7.85 Å². The van der Waals surface area contributed by atoms with Crippen LogP contribution in [0.2, 0.25) is 0 Å². The van der Waals surface area contributed by atoms with E-state index < -0.39 is 0 Å². The predicted molar refractivity (Wildman–Crippen MR) is 108 cm³/mol. The Morgan fingerprint density at radius 1 is 1.08 bits per heavy atom. The molecule has 3 aromatic rings. The Labute approximate surface area is 150 Å². The number of allylic oxidation sites excluding steroid dienone is 4. The highest BCUT2D eigenvalue weighted by Crippen LogP contribution is 2.26. The van der Waals surface area contributed by atoms with Crippen molar-refractivity contribution in [1.29, 1.82) is 0 Å². The lowest BCUT2D eigenvalue weighted by atomic mass is 10.00. The van der Waals surface area contributed by atoms with Gasteiger partial charge in [-0.1, -0.05) is 63.4 Å². The zero-order chi connectivity index (χ0) is 18.2. The second kappa shape index (κ2) is 8.74. The summed E-state index contributed by atoms with van der Waals surface area (Å²) in [6, 6.07) is 11.7. The van der Waals surface area contributed by atoms with Crippen molar-refractivity contribution in [2.45, 2.75) is 13.8 Å². The van der Waals surface area contributed by atoms with E-state index in [0.717, 1.165) is 33.4 Å². The Bertz CT molecular complexity index is 929. The van der Waals surface area contributed by atoms with Crippen LogP contribution in [0.25, 0.3) is 27.9 Å². The van der Waals surface area contributed by atoms with Crippen LogP contribution in [0.4, 0.5) is 0 Å². The average Bonchev–Trinajstić information content (AvgIpc) is 2.67. The van der Waals surface area contributed by atoms with Gasteiger partial charge in [0.25, 0.3) is 0 Å². The van der Waals surface area contributed by atoms with E-state index in [1.807, 2.05) is 56.3 Å². The molecule has 0 saturated heterocycles. The van der Waals surface area contributed by atoms with Gasteiger partial charge in [0, 0.05) is 11.8 Å². The molecule has 0 amide bonds. The fourth-order valence-electron chi connectivity index (χ4n) is 2.44. The number of fused-ring (bicyclic) bond motifs is 1. The van der Waals surface area contributed by atoms with Crippen LogP contribution in [0.3, 0.4) is 0 Å². The van der Waals surface area contributed by atoms with Crippen LogP contribution in [0, 0.1) is 0 Å². The summed E-state index contributed by atoms with van der Waals surface area (Å²) < 4.78 is 0. The summed E-state index contributed by atoms with van der Waals surface area (Å²) in [7, 11) is 5.84. The first kappa shape index (κ1) is 18.3. The third-order valence-corrected chi connectivity index (χ3v) is 3.46. The van der Waals surface area contributed by atoms with Gasteiger partial charge in [0.2, 0.25) is 0 Å². The van der Waals surface area contributed by atoms with Gasteiger partial charge < -0.3 is 0 Å². The summed E-state index contributed by atoms with van der Waals surface area (Å²) in [6.45, 7) is 11.6. The molecule has 2 heterocycles. The molecule has 0 fully saturated rings. The van der Waals surface area contributed by atoms with E-state index in [2.05, 4.69) is 28.1 Å². The van der Waals surface area contributed by atoms with Crippen molar-refractivity contribution in [3.8, 4) is 11.3 Å². The van der Waals surface area contributed by atoms with E-state index in [0.29, 0.717) is 0 Å². The van der Waals surface area contributed by atoms with E-state index in [9.17, 15) is 0 Å². The second-order valence-corrected chi connectivity index (χ2v) is 4.94. The van der Waals surface area contributed by atoms with Crippen LogP contribution in [-0.4, -0.2) is 22.8 Å². The van der Waals surface area contributed by atoms with Gasteiger partial charge in [0.05, 0.1) is 16.9 Å². The van der Waals surface area contributed by atoms with Crippen molar-refractivity contribution in [2.75, 3.05) is 0 Å². The number of rotatable bonds is 4. The van der Waals surface area contributed by atoms with Crippen LogP contribution >= 0.6 is 0 Å². The summed E-state index contributed by atoms with van der Waals surface area (Å²) in [5.74, 6) is 0. The van der Waals surface area contributed by atoms with Crippen molar-refractivity contribution in [3.05, 3.63) is 79.5 Å². The Morgan fingerprint density at radius 2 is 1.88 bits per heavy atom. The Morgan fingerprint density at radius 3 is 2.60 bits per heavy atom. The van der Waals surface area contributed by atoms with Gasteiger partial charge in [-0.15, -0.1) is 0 Å². The SMILES string of the molecule is CC.[B]c1nc(-c2cccc(/C(C=C)=C/C=C)c2)c2ncccc2n1. The zero-order valence-electron chi connectivity index (χ0n) is 14.6. The summed E-state index contributed by atoms with van der Waals surface area (Å²) in [5.41, 5.74) is 5.35. The summed E-state index contributed by atoms with van der Waals surface area (Å²) in [4.78, 5) is 13.0. The van der Waals surface area contributed by atoms with Gasteiger partial charge in [-0.2, -0.15) is 0 Å². The van der Waals surface area contributed by atoms with E-state index >= 15 is 0 Å². The van der Waals surface area contributed by atoms with Crippen LogP contribution in [-0.2, 0) is 0 Å². The molecule has 0 N–H and O–H groups in total. The van der Waals surface area contributed by atoms with Crippen LogP contribution in [0.5, 0.6) is 0 Å². The van der Waals surface area contributed by atoms with Gasteiger partial charge >= 0.3 is 0 Å². The Hall–Kier alpha value is -3.01. The van der Waals surface area contributed by atoms with E-state index in [-0.39, 0.29) is 5.72 Å². The molecule has 0 spiro atoms. The molecule has 1 aromatic carbocycles. The summed E-state index contributed by atoms with van der Waals surface area (Å²) in [6.07, 6.45) is 7.17. The molecule has 2 radical (unpaired) electrons. The number of benzene rings is 1. The lowest BCUT2D eigenvalue weighted by molar-refractivity contribution is 1.26. The molecule has 3 nitrogen and oxygen atoms in total. The highest BCUT2D eigenvalue weighted by Gasteiger charge is 2.10. The predicted octanol–water partition coefficient (Wildman–Crippen LogP) is 4.27. The number of hydrogen-bond acceptors (Lipinski definition) is 3.